The van der Waals surface area contributed by atoms with Crippen molar-refractivity contribution in [1.82, 2.24) is 10.2 Å². The smallest absolute Gasteiger partial charge is 0.242 e. The Kier molecular flexibility index (Phi) is 4.58. The molecule has 1 aromatic carbocycles. The van der Waals surface area contributed by atoms with E-state index in [2.05, 4.69) is 21.2 Å². The molecule has 2 amide bonds. The molecule has 1 aromatic rings. The number of halogens is 1. The van der Waals surface area contributed by atoms with Gasteiger partial charge in [-0.1, -0.05) is 35.0 Å². The zero-order valence-corrected chi connectivity index (χ0v) is 12.4. The lowest BCUT2D eigenvalue weighted by atomic mass is 10.1. The summed E-state index contributed by atoms with van der Waals surface area (Å²) in [6.07, 6.45) is 0.985. The van der Waals surface area contributed by atoms with Gasteiger partial charge in [0, 0.05) is 17.6 Å². The number of amides is 2. The number of piperazine rings is 1. The first kappa shape index (κ1) is 14.1. The van der Waals surface area contributed by atoms with Crippen LogP contribution in [-0.2, 0) is 16.0 Å². The summed E-state index contributed by atoms with van der Waals surface area (Å²) in [7, 11) is 0. The third-order valence-corrected chi connectivity index (χ3v) is 3.78. The average Bonchev–Trinajstić information content (AvgIpc) is 2.38. The zero-order valence-electron chi connectivity index (χ0n) is 10.9. The third-order valence-electron chi connectivity index (χ3n) is 3.28. The summed E-state index contributed by atoms with van der Waals surface area (Å²) < 4.78 is 0.959. The van der Waals surface area contributed by atoms with Gasteiger partial charge in [0.15, 0.2) is 0 Å². The van der Waals surface area contributed by atoms with Crippen LogP contribution in [0.2, 0.25) is 0 Å². The van der Waals surface area contributed by atoms with E-state index in [9.17, 15) is 9.59 Å². The van der Waals surface area contributed by atoms with Crippen LogP contribution in [0.3, 0.4) is 0 Å². The van der Waals surface area contributed by atoms with Gasteiger partial charge in [-0.2, -0.15) is 0 Å². The first-order valence-corrected chi connectivity index (χ1v) is 7.22. The molecule has 1 atom stereocenters. The Hall–Kier alpha value is -1.36. The van der Waals surface area contributed by atoms with E-state index >= 15 is 0 Å². The van der Waals surface area contributed by atoms with Crippen LogP contribution in [0.15, 0.2) is 28.7 Å². The molecule has 1 heterocycles. The minimum absolute atomic E-state index is 0.0137. The molecule has 1 saturated heterocycles. The van der Waals surface area contributed by atoms with Crippen LogP contribution >= 0.6 is 15.9 Å². The maximum atomic E-state index is 12.3. The Bertz CT molecular complexity index is 490. The number of carbonyl (C=O) groups excluding carboxylic acids is 2. The van der Waals surface area contributed by atoms with Crippen molar-refractivity contribution in [2.75, 3.05) is 13.1 Å². The molecule has 0 aliphatic carbocycles. The highest BCUT2D eigenvalue weighted by Crippen LogP contribution is 2.15. The maximum absolute atomic E-state index is 12.3. The molecule has 0 bridgehead atoms. The SMILES string of the molecule is CC[C@@H]1C(=O)NCCN1C(=O)Cc1cccc(Br)c1. The molecule has 102 valence electrons. The van der Waals surface area contributed by atoms with E-state index in [1.54, 1.807) is 4.90 Å². The zero-order chi connectivity index (χ0) is 13.8. The first-order chi connectivity index (χ1) is 9.11. The van der Waals surface area contributed by atoms with E-state index in [1.165, 1.54) is 0 Å². The molecule has 0 aromatic heterocycles. The molecule has 0 spiro atoms. The van der Waals surface area contributed by atoms with Crippen molar-refractivity contribution >= 4 is 27.7 Å². The summed E-state index contributed by atoms with van der Waals surface area (Å²) in [5.74, 6) is -0.0313. The molecule has 0 saturated carbocycles. The lowest BCUT2D eigenvalue weighted by Crippen LogP contribution is -2.57. The van der Waals surface area contributed by atoms with E-state index in [0.717, 1.165) is 10.0 Å². The van der Waals surface area contributed by atoms with Crippen molar-refractivity contribution in [1.29, 1.82) is 0 Å². The van der Waals surface area contributed by atoms with Crippen LogP contribution in [0.4, 0.5) is 0 Å². The largest absolute Gasteiger partial charge is 0.353 e. The fourth-order valence-electron chi connectivity index (χ4n) is 2.34. The predicted molar refractivity (Wildman–Crippen MR) is 76.6 cm³/mol. The van der Waals surface area contributed by atoms with Crippen LogP contribution < -0.4 is 5.32 Å². The number of hydrogen-bond donors (Lipinski definition) is 1. The van der Waals surface area contributed by atoms with Gasteiger partial charge in [-0.15, -0.1) is 0 Å². The van der Waals surface area contributed by atoms with Crippen LogP contribution in [0.1, 0.15) is 18.9 Å². The summed E-state index contributed by atoms with van der Waals surface area (Å²) in [4.78, 5) is 25.8. The number of nitrogens with one attached hydrogen (secondary N) is 1. The molecule has 1 N–H and O–H groups in total. The standard InChI is InChI=1S/C14H17BrN2O2/c1-2-12-14(19)16-6-7-17(12)13(18)9-10-4-3-5-11(15)8-10/h3-5,8,12H,2,6-7,9H2,1H3,(H,16,19)/t12-/m1/s1. The lowest BCUT2D eigenvalue weighted by molar-refractivity contribution is -0.142. The molecule has 4 nitrogen and oxygen atoms in total. The minimum Gasteiger partial charge on any atom is -0.353 e. The van der Waals surface area contributed by atoms with Crippen LogP contribution in [0.5, 0.6) is 0 Å². The molecule has 2 rings (SSSR count). The van der Waals surface area contributed by atoms with Gasteiger partial charge in [0.1, 0.15) is 6.04 Å². The van der Waals surface area contributed by atoms with Gasteiger partial charge in [-0.3, -0.25) is 9.59 Å². The van der Waals surface area contributed by atoms with Gasteiger partial charge < -0.3 is 10.2 Å². The Morgan fingerprint density at radius 1 is 1.53 bits per heavy atom. The molecule has 19 heavy (non-hydrogen) atoms. The minimum atomic E-state index is -0.326. The van der Waals surface area contributed by atoms with Gasteiger partial charge in [-0.05, 0) is 24.1 Å². The fraction of sp³-hybridized carbons (Fsp3) is 0.429. The van der Waals surface area contributed by atoms with Crippen LogP contribution in [0, 0.1) is 0 Å². The van der Waals surface area contributed by atoms with Crippen LogP contribution in [-0.4, -0.2) is 35.8 Å². The highest BCUT2D eigenvalue weighted by Gasteiger charge is 2.31. The number of benzene rings is 1. The predicted octanol–water partition coefficient (Wildman–Crippen LogP) is 1.73. The van der Waals surface area contributed by atoms with Crippen molar-refractivity contribution in [3.8, 4) is 0 Å². The second-order valence-corrected chi connectivity index (χ2v) is 5.52. The topological polar surface area (TPSA) is 49.4 Å². The van der Waals surface area contributed by atoms with Gasteiger partial charge in [-0.25, -0.2) is 0 Å². The highest BCUT2D eigenvalue weighted by atomic mass is 79.9. The summed E-state index contributed by atoms with van der Waals surface area (Å²) in [5, 5.41) is 2.80. The molecule has 5 heteroatoms. The molecular weight excluding hydrogens is 308 g/mol. The second kappa shape index (κ2) is 6.19. The van der Waals surface area contributed by atoms with E-state index in [0.29, 0.717) is 25.9 Å². The van der Waals surface area contributed by atoms with E-state index in [-0.39, 0.29) is 17.9 Å². The van der Waals surface area contributed by atoms with Crippen molar-refractivity contribution in [3.05, 3.63) is 34.3 Å². The van der Waals surface area contributed by atoms with E-state index < -0.39 is 0 Å². The van der Waals surface area contributed by atoms with Gasteiger partial charge in [0.25, 0.3) is 0 Å². The van der Waals surface area contributed by atoms with Gasteiger partial charge >= 0.3 is 0 Å². The van der Waals surface area contributed by atoms with Crippen molar-refractivity contribution in [3.63, 3.8) is 0 Å². The van der Waals surface area contributed by atoms with Crippen LogP contribution in [0.25, 0.3) is 0 Å². The summed E-state index contributed by atoms with van der Waals surface area (Å²) in [6.45, 7) is 3.06. The number of nitrogens with zero attached hydrogens (tertiary/aromatic N) is 1. The molecule has 1 aliphatic heterocycles. The fourth-order valence-corrected chi connectivity index (χ4v) is 2.79. The second-order valence-electron chi connectivity index (χ2n) is 4.61. The normalized spacial score (nSPS) is 19.2. The Labute approximate surface area is 121 Å². The summed E-state index contributed by atoms with van der Waals surface area (Å²) in [5.41, 5.74) is 0.959. The van der Waals surface area contributed by atoms with E-state index in [4.69, 9.17) is 0 Å². The van der Waals surface area contributed by atoms with Gasteiger partial charge in [0.2, 0.25) is 11.8 Å². The third kappa shape index (κ3) is 3.35. The molecule has 1 fully saturated rings. The number of hydrogen-bond acceptors (Lipinski definition) is 2. The molecular formula is C14H17BrN2O2. The highest BCUT2D eigenvalue weighted by molar-refractivity contribution is 9.10. The molecule has 0 unspecified atom stereocenters. The summed E-state index contributed by atoms with van der Waals surface area (Å²) in [6, 6.07) is 7.37. The van der Waals surface area contributed by atoms with Gasteiger partial charge in [0.05, 0.1) is 6.42 Å². The van der Waals surface area contributed by atoms with E-state index in [1.807, 2.05) is 31.2 Å². The maximum Gasteiger partial charge on any atom is 0.242 e. The Morgan fingerprint density at radius 2 is 2.32 bits per heavy atom. The monoisotopic (exact) mass is 324 g/mol. The molecule has 1 aliphatic rings. The average molecular weight is 325 g/mol. The van der Waals surface area contributed by atoms with Crippen molar-refractivity contribution in [2.24, 2.45) is 0 Å². The van der Waals surface area contributed by atoms with Crippen molar-refractivity contribution in [2.45, 2.75) is 25.8 Å². The first-order valence-electron chi connectivity index (χ1n) is 6.43. The quantitative estimate of drug-likeness (QED) is 0.920. The van der Waals surface area contributed by atoms with Crippen molar-refractivity contribution < 1.29 is 9.59 Å². The number of carbonyl (C=O) groups is 2. The Morgan fingerprint density at radius 3 is 3.00 bits per heavy atom. The molecule has 0 radical (unpaired) electrons. The number of rotatable bonds is 3. The lowest BCUT2D eigenvalue weighted by Gasteiger charge is -2.34. The summed E-state index contributed by atoms with van der Waals surface area (Å²) >= 11 is 3.39. The Balaban J connectivity index is 2.08.